The number of halogens is 1. The minimum absolute atomic E-state index is 0.322. The highest BCUT2D eigenvalue weighted by molar-refractivity contribution is 5.65. The third-order valence-corrected chi connectivity index (χ3v) is 3.80. The second kappa shape index (κ2) is 6.24. The van der Waals surface area contributed by atoms with E-state index in [9.17, 15) is 4.39 Å². The van der Waals surface area contributed by atoms with Gasteiger partial charge in [-0.25, -0.2) is 9.37 Å². The number of aromatic nitrogens is 3. The molecule has 1 aromatic carbocycles. The molecule has 23 heavy (non-hydrogen) atoms. The van der Waals surface area contributed by atoms with Gasteiger partial charge in [-0.15, -0.1) is 0 Å². The van der Waals surface area contributed by atoms with E-state index in [0.29, 0.717) is 12.3 Å². The molecule has 0 bridgehead atoms. The van der Waals surface area contributed by atoms with Gasteiger partial charge in [0.2, 0.25) is 5.78 Å². The fourth-order valence-electron chi connectivity index (χ4n) is 2.39. The predicted octanol–water partition coefficient (Wildman–Crippen LogP) is 2.87. The number of hydrogen-bond donors (Lipinski definition) is 0. The fraction of sp³-hybridized carbons (Fsp3) is 0.294. The molecule has 0 aliphatic carbocycles. The van der Waals surface area contributed by atoms with E-state index in [1.165, 1.54) is 0 Å². The van der Waals surface area contributed by atoms with Crippen LogP contribution in [0.2, 0.25) is 0 Å². The minimum Gasteiger partial charge on any atom is -0.378 e. The summed E-state index contributed by atoms with van der Waals surface area (Å²) >= 11 is 0. The molecule has 0 saturated heterocycles. The van der Waals surface area contributed by atoms with E-state index >= 15 is 0 Å². The van der Waals surface area contributed by atoms with Gasteiger partial charge in [-0.2, -0.15) is 4.98 Å². The first-order chi connectivity index (χ1) is 11.1. The molecule has 5 nitrogen and oxygen atoms in total. The summed E-state index contributed by atoms with van der Waals surface area (Å²) in [7, 11) is 5.85. The highest BCUT2D eigenvalue weighted by atomic mass is 19.1. The lowest BCUT2D eigenvalue weighted by molar-refractivity contribution is 0.496. The Hall–Kier alpha value is -2.63. The van der Waals surface area contributed by atoms with Crippen molar-refractivity contribution in [3.63, 3.8) is 0 Å². The van der Waals surface area contributed by atoms with Crippen LogP contribution in [0.15, 0.2) is 42.7 Å². The standard InChI is InChI=1S/C17H20FN5/c1-21(2)14-6-4-13(5-7-14)15-12-23-10-8-16(20-17(23)19-15)22(3)11-9-18/h4-8,10,12H,9,11H2,1-3H3. The van der Waals surface area contributed by atoms with Crippen molar-refractivity contribution in [1.82, 2.24) is 14.4 Å². The zero-order valence-corrected chi connectivity index (χ0v) is 13.6. The van der Waals surface area contributed by atoms with Gasteiger partial charge in [-0.05, 0) is 18.2 Å². The molecule has 0 aliphatic rings. The maximum Gasteiger partial charge on any atom is 0.236 e. The van der Waals surface area contributed by atoms with Gasteiger partial charge in [-0.3, -0.25) is 4.40 Å². The molecule has 0 unspecified atom stereocenters. The summed E-state index contributed by atoms with van der Waals surface area (Å²) in [6.45, 7) is -0.0794. The molecular weight excluding hydrogens is 293 g/mol. The average Bonchev–Trinajstić information content (AvgIpc) is 2.98. The Labute approximate surface area is 135 Å². The van der Waals surface area contributed by atoms with Crippen molar-refractivity contribution in [3.05, 3.63) is 42.7 Å². The number of anilines is 2. The summed E-state index contributed by atoms with van der Waals surface area (Å²) in [5, 5.41) is 0. The lowest BCUT2D eigenvalue weighted by Crippen LogP contribution is -2.21. The molecule has 0 amide bonds. The Balaban J connectivity index is 1.93. The van der Waals surface area contributed by atoms with E-state index in [0.717, 1.165) is 22.8 Å². The molecule has 0 spiro atoms. The largest absolute Gasteiger partial charge is 0.378 e. The first-order valence-corrected chi connectivity index (χ1v) is 7.49. The summed E-state index contributed by atoms with van der Waals surface area (Å²) in [6.07, 6.45) is 3.85. The maximum absolute atomic E-state index is 12.5. The molecular formula is C17H20FN5. The van der Waals surface area contributed by atoms with Gasteiger partial charge in [0.25, 0.3) is 0 Å². The number of imidazole rings is 1. The quantitative estimate of drug-likeness (QED) is 0.726. The molecule has 3 aromatic rings. The van der Waals surface area contributed by atoms with Crippen LogP contribution in [-0.2, 0) is 0 Å². The van der Waals surface area contributed by atoms with E-state index in [-0.39, 0.29) is 0 Å². The number of nitrogens with zero attached hydrogens (tertiary/aromatic N) is 5. The van der Waals surface area contributed by atoms with E-state index in [4.69, 9.17) is 0 Å². The fourth-order valence-corrected chi connectivity index (χ4v) is 2.39. The number of rotatable bonds is 5. The van der Waals surface area contributed by atoms with Crippen LogP contribution in [0.25, 0.3) is 17.0 Å². The maximum atomic E-state index is 12.5. The Morgan fingerprint density at radius 2 is 1.78 bits per heavy atom. The first-order valence-electron chi connectivity index (χ1n) is 7.49. The lowest BCUT2D eigenvalue weighted by Gasteiger charge is -2.15. The molecule has 0 fully saturated rings. The highest BCUT2D eigenvalue weighted by Crippen LogP contribution is 2.22. The van der Waals surface area contributed by atoms with Crippen LogP contribution in [0.3, 0.4) is 0 Å². The molecule has 6 heteroatoms. The third-order valence-electron chi connectivity index (χ3n) is 3.80. The van der Waals surface area contributed by atoms with Crippen LogP contribution < -0.4 is 9.80 Å². The van der Waals surface area contributed by atoms with E-state index in [1.54, 1.807) is 4.90 Å². The molecule has 2 heterocycles. The number of alkyl halides is 1. The first kappa shape index (κ1) is 15.3. The Kier molecular flexibility index (Phi) is 4.14. The van der Waals surface area contributed by atoms with Gasteiger partial charge in [-0.1, -0.05) is 12.1 Å². The van der Waals surface area contributed by atoms with Crippen LogP contribution >= 0.6 is 0 Å². The van der Waals surface area contributed by atoms with E-state index in [1.807, 2.05) is 56.1 Å². The Morgan fingerprint density at radius 3 is 2.43 bits per heavy atom. The molecule has 0 atom stereocenters. The van der Waals surface area contributed by atoms with Gasteiger partial charge < -0.3 is 9.80 Å². The van der Waals surface area contributed by atoms with Crippen molar-refractivity contribution in [1.29, 1.82) is 0 Å². The zero-order chi connectivity index (χ0) is 16.4. The van der Waals surface area contributed by atoms with Crippen molar-refractivity contribution in [2.75, 3.05) is 44.2 Å². The number of fused-ring (bicyclic) bond motifs is 1. The Morgan fingerprint density at radius 1 is 1.04 bits per heavy atom. The normalized spacial score (nSPS) is 11.0. The molecule has 0 aliphatic heterocycles. The van der Waals surface area contributed by atoms with E-state index in [2.05, 4.69) is 27.0 Å². The molecule has 3 rings (SSSR count). The lowest BCUT2D eigenvalue weighted by atomic mass is 10.1. The molecule has 0 N–H and O–H groups in total. The van der Waals surface area contributed by atoms with E-state index < -0.39 is 6.67 Å². The third kappa shape index (κ3) is 3.11. The minimum atomic E-state index is -0.402. The summed E-state index contributed by atoms with van der Waals surface area (Å²) < 4.78 is 14.3. The molecule has 120 valence electrons. The summed E-state index contributed by atoms with van der Waals surface area (Å²) in [6, 6.07) is 10.1. The average molecular weight is 313 g/mol. The summed E-state index contributed by atoms with van der Waals surface area (Å²) in [5.41, 5.74) is 3.05. The topological polar surface area (TPSA) is 36.7 Å². The monoisotopic (exact) mass is 313 g/mol. The van der Waals surface area contributed by atoms with Crippen LogP contribution in [0.4, 0.5) is 15.9 Å². The van der Waals surface area contributed by atoms with Crippen molar-refractivity contribution >= 4 is 17.3 Å². The van der Waals surface area contributed by atoms with Crippen molar-refractivity contribution in [2.24, 2.45) is 0 Å². The van der Waals surface area contributed by atoms with Crippen molar-refractivity contribution in [2.45, 2.75) is 0 Å². The van der Waals surface area contributed by atoms with Crippen LogP contribution in [0.5, 0.6) is 0 Å². The number of benzene rings is 1. The molecule has 0 radical (unpaired) electrons. The van der Waals surface area contributed by atoms with Crippen LogP contribution in [0.1, 0.15) is 0 Å². The molecule has 2 aromatic heterocycles. The predicted molar refractivity (Wildman–Crippen MR) is 92.0 cm³/mol. The highest BCUT2D eigenvalue weighted by Gasteiger charge is 2.08. The summed E-state index contributed by atoms with van der Waals surface area (Å²) in [4.78, 5) is 12.9. The smallest absolute Gasteiger partial charge is 0.236 e. The second-order valence-electron chi connectivity index (χ2n) is 5.67. The SMILES string of the molecule is CN(C)c1ccc(-c2cn3ccc(N(C)CCF)nc3n2)cc1. The van der Waals surface area contributed by atoms with Gasteiger partial charge >= 0.3 is 0 Å². The van der Waals surface area contributed by atoms with Crippen molar-refractivity contribution in [3.8, 4) is 11.3 Å². The van der Waals surface area contributed by atoms with Gasteiger partial charge in [0, 0.05) is 51.3 Å². The van der Waals surface area contributed by atoms with Crippen LogP contribution in [-0.4, -0.2) is 48.7 Å². The van der Waals surface area contributed by atoms with Gasteiger partial charge in [0.15, 0.2) is 0 Å². The van der Waals surface area contributed by atoms with Gasteiger partial charge in [0.05, 0.1) is 5.69 Å². The molecule has 0 saturated carbocycles. The van der Waals surface area contributed by atoms with Gasteiger partial charge in [0.1, 0.15) is 12.5 Å². The zero-order valence-electron chi connectivity index (χ0n) is 13.6. The van der Waals surface area contributed by atoms with Crippen molar-refractivity contribution < 1.29 is 4.39 Å². The number of hydrogen-bond acceptors (Lipinski definition) is 4. The Bertz CT molecular complexity index is 794. The van der Waals surface area contributed by atoms with Crippen LogP contribution in [0, 0.1) is 0 Å². The second-order valence-corrected chi connectivity index (χ2v) is 5.67. The summed E-state index contributed by atoms with van der Waals surface area (Å²) in [5.74, 6) is 1.33.